The average molecular weight is 177 g/mol. The molecule has 0 spiro atoms. The van der Waals surface area contributed by atoms with Crippen molar-refractivity contribution >= 4 is 0 Å². The van der Waals surface area contributed by atoms with E-state index in [0.29, 0.717) is 6.54 Å². The van der Waals surface area contributed by atoms with Crippen LogP contribution >= 0.6 is 0 Å². The summed E-state index contributed by atoms with van der Waals surface area (Å²) in [6, 6.07) is 0. The first-order valence-corrected chi connectivity index (χ1v) is 4.30. The molecule has 0 aromatic carbocycles. The monoisotopic (exact) mass is 177 g/mol. The lowest BCUT2D eigenvalue weighted by Gasteiger charge is -2.07. The molecule has 1 N–H and O–H groups in total. The van der Waals surface area contributed by atoms with Crippen molar-refractivity contribution in [1.29, 1.82) is 0 Å². The number of hydrogen-bond donors (Lipinski definition) is 1. The second-order valence-corrected chi connectivity index (χ2v) is 3.01. The lowest BCUT2D eigenvalue weighted by atomic mass is 10.2. The SMILES string of the molecule is C=CNCc1nc(C)c(C)nc1C. The molecule has 0 amide bonds. The molecule has 0 aliphatic heterocycles. The van der Waals surface area contributed by atoms with Crippen molar-refractivity contribution in [2.24, 2.45) is 0 Å². The van der Waals surface area contributed by atoms with Gasteiger partial charge in [0.1, 0.15) is 0 Å². The number of rotatable bonds is 3. The van der Waals surface area contributed by atoms with Gasteiger partial charge >= 0.3 is 0 Å². The molecule has 0 saturated carbocycles. The highest BCUT2D eigenvalue weighted by Gasteiger charge is 2.03. The highest BCUT2D eigenvalue weighted by atomic mass is 14.9. The molecule has 0 unspecified atom stereocenters. The highest BCUT2D eigenvalue weighted by Crippen LogP contribution is 2.06. The first-order valence-electron chi connectivity index (χ1n) is 4.30. The summed E-state index contributed by atoms with van der Waals surface area (Å²) < 4.78 is 0. The minimum atomic E-state index is 0.698. The maximum absolute atomic E-state index is 4.44. The number of nitrogens with zero attached hydrogens (tertiary/aromatic N) is 2. The molecule has 0 aliphatic rings. The molecule has 0 aliphatic carbocycles. The van der Waals surface area contributed by atoms with Gasteiger partial charge in [0.25, 0.3) is 0 Å². The Labute approximate surface area is 78.9 Å². The second kappa shape index (κ2) is 4.03. The number of aryl methyl sites for hydroxylation is 3. The van der Waals surface area contributed by atoms with Crippen molar-refractivity contribution < 1.29 is 0 Å². The predicted octanol–water partition coefficient (Wildman–Crippen LogP) is 1.63. The van der Waals surface area contributed by atoms with Crippen molar-refractivity contribution in [3.05, 3.63) is 35.6 Å². The molecule has 1 aromatic rings. The van der Waals surface area contributed by atoms with Gasteiger partial charge < -0.3 is 5.32 Å². The lowest BCUT2D eigenvalue weighted by molar-refractivity contribution is 0.798. The molecule has 0 radical (unpaired) electrons. The van der Waals surface area contributed by atoms with Crippen LogP contribution in [0.4, 0.5) is 0 Å². The molecule has 13 heavy (non-hydrogen) atoms. The maximum atomic E-state index is 4.44. The van der Waals surface area contributed by atoms with Crippen molar-refractivity contribution in [1.82, 2.24) is 15.3 Å². The van der Waals surface area contributed by atoms with Crippen molar-refractivity contribution in [3.8, 4) is 0 Å². The van der Waals surface area contributed by atoms with Gasteiger partial charge in [-0.25, -0.2) is 0 Å². The predicted molar refractivity (Wildman–Crippen MR) is 53.3 cm³/mol. The molecular weight excluding hydrogens is 162 g/mol. The molecule has 1 aromatic heterocycles. The van der Waals surface area contributed by atoms with Gasteiger partial charge in [-0.1, -0.05) is 6.58 Å². The lowest BCUT2D eigenvalue weighted by Crippen LogP contribution is -2.10. The summed E-state index contributed by atoms with van der Waals surface area (Å²) in [5.74, 6) is 0. The third-order valence-corrected chi connectivity index (χ3v) is 1.99. The molecule has 0 saturated heterocycles. The molecule has 3 heteroatoms. The number of aromatic nitrogens is 2. The molecule has 1 rings (SSSR count). The van der Waals surface area contributed by atoms with Crippen LogP contribution in [0.2, 0.25) is 0 Å². The zero-order chi connectivity index (χ0) is 9.84. The van der Waals surface area contributed by atoms with E-state index in [-0.39, 0.29) is 0 Å². The Hall–Kier alpha value is -1.38. The van der Waals surface area contributed by atoms with Crippen LogP contribution in [0.5, 0.6) is 0 Å². The first kappa shape index (κ1) is 9.71. The van der Waals surface area contributed by atoms with E-state index < -0.39 is 0 Å². The van der Waals surface area contributed by atoms with Crippen LogP contribution in [0.15, 0.2) is 12.8 Å². The summed E-state index contributed by atoms with van der Waals surface area (Å²) in [6.45, 7) is 10.2. The minimum Gasteiger partial charge on any atom is -0.386 e. The van der Waals surface area contributed by atoms with Gasteiger partial charge in [0.15, 0.2) is 0 Å². The van der Waals surface area contributed by atoms with E-state index in [1.54, 1.807) is 6.20 Å². The smallest absolute Gasteiger partial charge is 0.0809 e. The van der Waals surface area contributed by atoms with Gasteiger partial charge in [0.05, 0.1) is 29.3 Å². The maximum Gasteiger partial charge on any atom is 0.0809 e. The van der Waals surface area contributed by atoms with Crippen LogP contribution in [0.3, 0.4) is 0 Å². The summed E-state index contributed by atoms with van der Waals surface area (Å²) in [6.07, 6.45) is 1.66. The van der Waals surface area contributed by atoms with Crippen LogP contribution in [0, 0.1) is 20.8 Å². The van der Waals surface area contributed by atoms with Crippen LogP contribution in [0.25, 0.3) is 0 Å². The highest BCUT2D eigenvalue weighted by molar-refractivity contribution is 5.17. The largest absolute Gasteiger partial charge is 0.386 e. The fourth-order valence-corrected chi connectivity index (χ4v) is 1.10. The summed E-state index contributed by atoms with van der Waals surface area (Å²) in [4.78, 5) is 8.83. The summed E-state index contributed by atoms with van der Waals surface area (Å²) in [7, 11) is 0. The molecule has 70 valence electrons. The Morgan fingerprint density at radius 3 is 2.38 bits per heavy atom. The molecular formula is C10H15N3. The van der Waals surface area contributed by atoms with E-state index in [1.807, 2.05) is 20.8 Å². The van der Waals surface area contributed by atoms with Gasteiger partial charge in [-0.3, -0.25) is 9.97 Å². The molecule has 3 nitrogen and oxygen atoms in total. The Morgan fingerprint density at radius 2 is 1.77 bits per heavy atom. The third kappa shape index (κ3) is 2.28. The van der Waals surface area contributed by atoms with Gasteiger partial charge in [0, 0.05) is 0 Å². The van der Waals surface area contributed by atoms with Crippen molar-refractivity contribution in [2.45, 2.75) is 27.3 Å². The van der Waals surface area contributed by atoms with Crippen molar-refractivity contribution in [2.75, 3.05) is 0 Å². The normalized spacial score (nSPS) is 9.77. The first-order chi connectivity index (χ1) is 6.15. The van der Waals surface area contributed by atoms with Gasteiger partial charge in [-0.05, 0) is 27.0 Å². The fraction of sp³-hybridized carbons (Fsp3) is 0.400. The Kier molecular flexibility index (Phi) is 3.01. The minimum absolute atomic E-state index is 0.698. The molecule has 0 bridgehead atoms. The van der Waals surface area contributed by atoms with E-state index in [2.05, 4.69) is 21.9 Å². The van der Waals surface area contributed by atoms with Gasteiger partial charge in [0.2, 0.25) is 0 Å². The number of hydrogen-bond acceptors (Lipinski definition) is 3. The van der Waals surface area contributed by atoms with Crippen LogP contribution in [-0.2, 0) is 6.54 Å². The zero-order valence-corrected chi connectivity index (χ0v) is 8.39. The Bertz CT molecular complexity index is 318. The Balaban J connectivity index is 2.94. The van der Waals surface area contributed by atoms with Gasteiger partial charge in [-0.15, -0.1) is 0 Å². The van der Waals surface area contributed by atoms with Crippen molar-refractivity contribution in [3.63, 3.8) is 0 Å². The van der Waals surface area contributed by atoms with Gasteiger partial charge in [-0.2, -0.15) is 0 Å². The summed E-state index contributed by atoms with van der Waals surface area (Å²) in [5.41, 5.74) is 3.96. The number of nitrogens with one attached hydrogen (secondary N) is 1. The van der Waals surface area contributed by atoms with E-state index in [4.69, 9.17) is 0 Å². The van der Waals surface area contributed by atoms with Crippen LogP contribution < -0.4 is 5.32 Å². The molecule has 0 atom stereocenters. The summed E-state index contributed by atoms with van der Waals surface area (Å²) in [5, 5.41) is 3.01. The zero-order valence-electron chi connectivity index (χ0n) is 8.39. The quantitative estimate of drug-likeness (QED) is 0.762. The van der Waals surface area contributed by atoms with E-state index in [0.717, 1.165) is 22.8 Å². The standard InChI is InChI=1S/C10H15N3/c1-5-11-6-10-9(4)12-7(2)8(3)13-10/h5,11H,1,6H2,2-4H3. The topological polar surface area (TPSA) is 37.8 Å². The molecule has 0 fully saturated rings. The second-order valence-electron chi connectivity index (χ2n) is 3.01. The summed E-state index contributed by atoms with van der Waals surface area (Å²) >= 11 is 0. The average Bonchev–Trinajstić information content (AvgIpc) is 2.09. The molecule has 1 heterocycles. The van der Waals surface area contributed by atoms with Crippen LogP contribution in [-0.4, -0.2) is 9.97 Å². The van der Waals surface area contributed by atoms with E-state index in [1.165, 1.54) is 0 Å². The van der Waals surface area contributed by atoms with E-state index >= 15 is 0 Å². The fourth-order valence-electron chi connectivity index (χ4n) is 1.10. The van der Waals surface area contributed by atoms with E-state index in [9.17, 15) is 0 Å². The van der Waals surface area contributed by atoms with Crippen LogP contribution in [0.1, 0.15) is 22.8 Å². The third-order valence-electron chi connectivity index (χ3n) is 1.99. The Morgan fingerprint density at radius 1 is 1.15 bits per heavy atom.